The Hall–Kier alpha value is -1.22. The second kappa shape index (κ2) is 3.98. The summed E-state index contributed by atoms with van der Waals surface area (Å²) < 4.78 is 5.22. The zero-order chi connectivity index (χ0) is 11.8. The van der Waals surface area contributed by atoms with Crippen molar-refractivity contribution in [1.29, 1.82) is 0 Å². The first-order chi connectivity index (χ1) is 7.54. The average molecular weight is 221 g/mol. The van der Waals surface area contributed by atoms with Crippen LogP contribution in [0, 0.1) is 6.92 Å². The van der Waals surface area contributed by atoms with E-state index in [0.29, 0.717) is 5.75 Å². The minimum Gasteiger partial charge on any atom is -0.508 e. The largest absolute Gasteiger partial charge is 0.508 e. The molecule has 0 unspecified atom stereocenters. The SMILES string of the molecule is COc1cc(CCC2(N)CC2)cc(O)c1C. The summed E-state index contributed by atoms with van der Waals surface area (Å²) >= 11 is 0. The third-order valence-electron chi connectivity index (χ3n) is 3.42. The molecule has 1 aliphatic carbocycles. The maximum Gasteiger partial charge on any atom is 0.125 e. The highest BCUT2D eigenvalue weighted by Crippen LogP contribution is 2.37. The first-order valence-electron chi connectivity index (χ1n) is 5.69. The molecule has 0 heterocycles. The molecular weight excluding hydrogens is 202 g/mol. The number of phenolic OH excluding ortho intramolecular Hbond substituents is 1. The van der Waals surface area contributed by atoms with E-state index in [1.54, 1.807) is 7.11 Å². The van der Waals surface area contributed by atoms with Crippen molar-refractivity contribution in [3.63, 3.8) is 0 Å². The Morgan fingerprint density at radius 1 is 1.44 bits per heavy atom. The fourth-order valence-corrected chi connectivity index (χ4v) is 1.89. The van der Waals surface area contributed by atoms with E-state index in [-0.39, 0.29) is 5.54 Å². The van der Waals surface area contributed by atoms with Crippen molar-refractivity contribution in [2.24, 2.45) is 5.73 Å². The molecule has 2 rings (SSSR count). The highest BCUT2D eigenvalue weighted by atomic mass is 16.5. The van der Waals surface area contributed by atoms with Crippen LogP contribution >= 0.6 is 0 Å². The topological polar surface area (TPSA) is 55.5 Å². The van der Waals surface area contributed by atoms with Gasteiger partial charge in [-0.1, -0.05) is 0 Å². The van der Waals surface area contributed by atoms with Crippen LogP contribution in [0.5, 0.6) is 11.5 Å². The van der Waals surface area contributed by atoms with Crippen LogP contribution in [0.4, 0.5) is 0 Å². The van der Waals surface area contributed by atoms with Gasteiger partial charge in [0, 0.05) is 11.1 Å². The number of ether oxygens (including phenoxy) is 1. The fourth-order valence-electron chi connectivity index (χ4n) is 1.89. The Morgan fingerprint density at radius 3 is 2.69 bits per heavy atom. The summed E-state index contributed by atoms with van der Waals surface area (Å²) in [5.74, 6) is 1.05. The van der Waals surface area contributed by atoms with Gasteiger partial charge in [0.05, 0.1) is 7.11 Å². The van der Waals surface area contributed by atoms with E-state index in [4.69, 9.17) is 10.5 Å². The van der Waals surface area contributed by atoms with Gasteiger partial charge in [-0.15, -0.1) is 0 Å². The molecule has 3 nitrogen and oxygen atoms in total. The van der Waals surface area contributed by atoms with Crippen LogP contribution in [0.3, 0.4) is 0 Å². The zero-order valence-electron chi connectivity index (χ0n) is 9.92. The van der Waals surface area contributed by atoms with Crippen LogP contribution in [0.1, 0.15) is 30.4 Å². The summed E-state index contributed by atoms with van der Waals surface area (Å²) in [6.07, 6.45) is 4.14. The Bertz CT molecular complexity index is 397. The predicted molar refractivity (Wildman–Crippen MR) is 63.9 cm³/mol. The second-order valence-corrected chi connectivity index (χ2v) is 4.80. The number of hydrogen-bond acceptors (Lipinski definition) is 3. The Morgan fingerprint density at radius 2 is 2.12 bits per heavy atom. The van der Waals surface area contributed by atoms with E-state index >= 15 is 0 Å². The summed E-state index contributed by atoms with van der Waals surface area (Å²) in [6.45, 7) is 1.85. The lowest BCUT2D eigenvalue weighted by Gasteiger charge is -2.12. The van der Waals surface area contributed by atoms with Crippen LogP contribution in [0.15, 0.2) is 12.1 Å². The lowest BCUT2D eigenvalue weighted by atomic mass is 10.0. The minimum atomic E-state index is 0.0632. The zero-order valence-corrected chi connectivity index (χ0v) is 9.92. The molecule has 1 saturated carbocycles. The third kappa shape index (κ3) is 2.30. The van der Waals surface area contributed by atoms with Crippen molar-refractivity contribution in [3.05, 3.63) is 23.3 Å². The molecule has 3 heteroatoms. The highest BCUT2D eigenvalue weighted by Gasteiger charge is 2.37. The molecule has 0 amide bonds. The van der Waals surface area contributed by atoms with Crippen molar-refractivity contribution in [3.8, 4) is 11.5 Å². The number of aryl methyl sites for hydroxylation is 1. The van der Waals surface area contributed by atoms with Crippen molar-refractivity contribution in [2.45, 2.75) is 38.1 Å². The van der Waals surface area contributed by atoms with Crippen LogP contribution in [0.25, 0.3) is 0 Å². The van der Waals surface area contributed by atoms with Crippen molar-refractivity contribution in [2.75, 3.05) is 7.11 Å². The molecule has 1 aromatic carbocycles. The summed E-state index contributed by atoms with van der Waals surface area (Å²) in [4.78, 5) is 0. The van der Waals surface area contributed by atoms with Gasteiger partial charge in [-0.25, -0.2) is 0 Å². The smallest absolute Gasteiger partial charge is 0.125 e. The van der Waals surface area contributed by atoms with Gasteiger partial charge in [-0.3, -0.25) is 0 Å². The second-order valence-electron chi connectivity index (χ2n) is 4.80. The standard InChI is InChI=1S/C13H19NO2/c1-9-11(15)7-10(8-12(9)16-2)3-4-13(14)5-6-13/h7-8,15H,3-6,14H2,1-2H3. The van der Waals surface area contributed by atoms with Crippen LogP contribution < -0.4 is 10.5 Å². The molecule has 0 aliphatic heterocycles. The van der Waals surface area contributed by atoms with Gasteiger partial charge < -0.3 is 15.6 Å². The molecule has 0 aromatic heterocycles. The molecular formula is C13H19NO2. The maximum absolute atomic E-state index is 9.75. The lowest BCUT2D eigenvalue weighted by molar-refractivity contribution is 0.401. The highest BCUT2D eigenvalue weighted by molar-refractivity contribution is 5.46. The molecule has 0 spiro atoms. The average Bonchev–Trinajstić information content (AvgIpc) is 2.99. The van der Waals surface area contributed by atoms with Gasteiger partial charge >= 0.3 is 0 Å². The first kappa shape index (κ1) is 11.3. The number of hydrogen-bond donors (Lipinski definition) is 2. The fraction of sp³-hybridized carbons (Fsp3) is 0.538. The first-order valence-corrected chi connectivity index (χ1v) is 5.69. The summed E-state index contributed by atoms with van der Waals surface area (Å²) in [7, 11) is 1.62. The summed E-state index contributed by atoms with van der Waals surface area (Å²) in [5, 5.41) is 9.75. The molecule has 1 fully saturated rings. The van der Waals surface area contributed by atoms with Gasteiger partial charge in [0.15, 0.2) is 0 Å². The molecule has 1 aromatic rings. The van der Waals surface area contributed by atoms with Gasteiger partial charge in [-0.2, -0.15) is 0 Å². The number of phenols is 1. The molecule has 0 saturated heterocycles. The molecule has 0 atom stereocenters. The lowest BCUT2D eigenvalue weighted by Crippen LogP contribution is -2.22. The molecule has 1 aliphatic rings. The Labute approximate surface area is 96.2 Å². The van der Waals surface area contributed by atoms with Crippen molar-refractivity contribution < 1.29 is 9.84 Å². The van der Waals surface area contributed by atoms with E-state index in [9.17, 15) is 5.11 Å². The van der Waals surface area contributed by atoms with Crippen molar-refractivity contribution >= 4 is 0 Å². The van der Waals surface area contributed by atoms with E-state index < -0.39 is 0 Å². The molecule has 88 valence electrons. The predicted octanol–water partition coefficient (Wildman–Crippen LogP) is 2.13. The number of benzene rings is 1. The molecule has 0 radical (unpaired) electrons. The monoisotopic (exact) mass is 221 g/mol. The summed E-state index contributed by atoms with van der Waals surface area (Å²) in [5.41, 5.74) is 7.99. The number of rotatable bonds is 4. The third-order valence-corrected chi connectivity index (χ3v) is 3.42. The van der Waals surface area contributed by atoms with Gasteiger partial charge in [0.1, 0.15) is 11.5 Å². The Kier molecular flexibility index (Phi) is 2.80. The maximum atomic E-state index is 9.75. The summed E-state index contributed by atoms with van der Waals surface area (Å²) in [6, 6.07) is 3.80. The van der Waals surface area contributed by atoms with Crippen LogP contribution in [0.2, 0.25) is 0 Å². The van der Waals surface area contributed by atoms with Gasteiger partial charge in [-0.05, 0) is 50.3 Å². The number of nitrogens with two attached hydrogens (primary N) is 1. The van der Waals surface area contributed by atoms with E-state index in [1.165, 1.54) is 0 Å². The van der Waals surface area contributed by atoms with Crippen molar-refractivity contribution in [1.82, 2.24) is 0 Å². The van der Waals surface area contributed by atoms with E-state index in [2.05, 4.69) is 0 Å². The Balaban J connectivity index is 2.11. The normalized spacial score (nSPS) is 17.2. The minimum absolute atomic E-state index is 0.0632. The molecule has 0 bridgehead atoms. The van der Waals surface area contributed by atoms with E-state index in [0.717, 1.165) is 42.6 Å². The quantitative estimate of drug-likeness (QED) is 0.819. The van der Waals surface area contributed by atoms with Gasteiger partial charge in [0.25, 0.3) is 0 Å². The van der Waals surface area contributed by atoms with Crippen LogP contribution in [-0.4, -0.2) is 17.8 Å². The van der Waals surface area contributed by atoms with E-state index in [1.807, 2.05) is 19.1 Å². The molecule has 16 heavy (non-hydrogen) atoms. The number of aromatic hydroxyl groups is 1. The number of methoxy groups -OCH3 is 1. The van der Waals surface area contributed by atoms with Crippen LogP contribution in [-0.2, 0) is 6.42 Å². The van der Waals surface area contributed by atoms with Gasteiger partial charge in [0.2, 0.25) is 0 Å². The molecule has 3 N–H and O–H groups in total.